The first-order chi connectivity index (χ1) is 9.18. The smallest absolute Gasteiger partial charge is 0.191 e. The molecule has 1 heterocycles. The highest BCUT2D eigenvalue weighted by Crippen LogP contribution is 2.43. The fraction of sp³-hybridized carbons (Fsp3) is 0.533. The molecule has 1 fully saturated rings. The second kappa shape index (κ2) is 5.04. The molecule has 1 unspecified atom stereocenters. The fourth-order valence-corrected chi connectivity index (χ4v) is 3.01. The third-order valence-corrected chi connectivity index (χ3v) is 4.52. The van der Waals surface area contributed by atoms with E-state index in [1.807, 2.05) is 12.1 Å². The standard InChI is InChI=1S/C15H20ClN3/c1-11-9-17-14(19-11)18-10-15(7-2-8-15)12-3-5-13(16)6-4-12/h3-6,11H,2,7-10H2,1H3,(H2,17,18,19). The minimum atomic E-state index is 0.265. The molecule has 1 aromatic carbocycles. The summed E-state index contributed by atoms with van der Waals surface area (Å²) in [5.41, 5.74) is 1.66. The average molecular weight is 278 g/mol. The van der Waals surface area contributed by atoms with Crippen LogP contribution in [0, 0.1) is 0 Å². The summed E-state index contributed by atoms with van der Waals surface area (Å²) in [7, 11) is 0. The topological polar surface area (TPSA) is 36.4 Å². The number of guanidine groups is 1. The van der Waals surface area contributed by atoms with E-state index in [9.17, 15) is 0 Å². The van der Waals surface area contributed by atoms with Crippen molar-refractivity contribution in [1.82, 2.24) is 10.6 Å². The minimum Gasteiger partial charge on any atom is -0.356 e. The number of nitrogens with one attached hydrogen (secondary N) is 2. The van der Waals surface area contributed by atoms with E-state index in [1.165, 1.54) is 24.8 Å². The molecular weight excluding hydrogens is 258 g/mol. The van der Waals surface area contributed by atoms with Crippen LogP contribution in [0.2, 0.25) is 5.02 Å². The van der Waals surface area contributed by atoms with Gasteiger partial charge in [-0.25, -0.2) is 0 Å². The number of hydrogen-bond acceptors (Lipinski definition) is 3. The molecule has 0 bridgehead atoms. The Morgan fingerprint density at radius 1 is 1.37 bits per heavy atom. The Morgan fingerprint density at radius 2 is 2.11 bits per heavy atom. The van der Waals surface area contributed by atoms with Gasteiger partial charge in [-0.1, -0.05) is 30.2 Å². The summed E-state index contributed by atoms with van der Waals surface area (Å²) in [6.45, 7) is 3.97. The zero-order chi connectivity index (χ0) is 13.3. The van der Waals surface area contributed by atoms with Crippen molar-refractivity contribution < 1.29 is 0 Å². The molecule has 2 aliphatic rings. The lowest BCUT2D eigenvalue weighted by Gasteiger charge is -2.42. The summed E-state index contributed by atoms with van der Waals surface area (Å²) in [5.74, 6) is 0.952. The molecule has 3 nitrogen and oxygen atoms in total. The molecular formula is C15H20ClN3. The van der Waals surface area contributed by atoms with Crippen LogP contribution in [0.3, 0.4) is 0 Å². The first-order valence-electron chi connectivity index (χ1n) is 6.99. The Hall–Kier alpha value is -1.22. The molecule has 0 aromatic heterocycles. The first kappa shape index (κ1) is 12.8. The molecule has 1 aliphatic heterocycles. The van der Waals surface area contributed by atoms with Crippen LogP contribution in [-0.2, 0) is 5.41 Å². The van der Waals surface area contributed by atoms with Crippen molar-refractivity contribution in [2.24, 2.45) is 4.99 Å². The van der Waals surface area contributed by atoms with Crippen LogP contribution < -0.4 is 10.6 Å². The lowest BCUT2D eigenvalue weighted by molar-refractivity contribution is 0.244. The highest BCUT2D eigenvalue weighted by molar-refractivity contribution is 6.30. The van der Waals surface area contributed by atoms with E-state index in [1.54, 1.807) is 0 Å². The number of nitrogens with zero attached hydrogens (tertiary/aromatic N) is 1. The van der Waals surface area contributed by atoms with Crippen molar-refractivity contribution in [3.63, 3.8) is 0 Å². The van der Waals surface area contributed by atoms with Gasteiger partial charge in [0.05, 0.1) is 6.54 Å². The second-order valence-corrected chi connectivity index (χ2v) is 6.17. The maximum absolute atomic E-state index is 5.97. The molecule has 0 saturated heterocycles. The van der Waals surface area contributed by atoms with E-state index in [2.05, 4.69) is 34.7 Å². The summed E-state index contributed by atoms with van der Waals surface area (Å²) in [6.07, 6.45) is 3.79. The van der Waals surface area contributed by atoms with Crippen LogP contribution in [-0.4, -0.2) is 25.1 Å². The Bertz CT molecular complexity index is 477. The van der Waals surface area contributed by atoms with Crippen LogP contribution in [0.25, 0.3) is 0 Å². The maximum atomic E-state index is 5.97. The van der Waals surface area contributed by atoms with Crippen molar-refractivity contribution in [2.75, 3.05) is 13.1 Å². The zero-order valence-electron chi connectivity index (χ0n) is 11.2. The van der Waals surface area contributed by atoms with Gasteiger partial charge in [-0.2, -0.15) is 0 Å². The van der Waals surface area contributed by atoms with Crippen molar-refractivity contribution in [3.05, 3.63) is 34.9 Å². The van der Waals surface area contributed by atoms with Gasteiger partial charge in [0.1, 0.15) is 0 Å². The van der Waals surface area contributed by atoms with Crippen LogP contribution in [0.15, 0.2) is 29.3 Å². The Morgan fingerprint density at radius 3 is 2.63 bits per heavy atom. The zero-order valence-corrected chi connectivity index (χ0v) is 12.0. The van der Waals surface area contributed by atoms with Gasteiger partial charge in [-0.15, -0.1) is 0 Å². The van der Waals surface area contributed by atoms with Crippen molar-refractivity contribution in [3.8, 4) is 0 Å². The predicted octanol–water partition coefficient (Wildman–Crippen LogP) is 2.70. The maximum Gasteiger partial charge on any atom is 0.191 e. The van der Waals surface area contributed by atoms with Gasteiger partial charge < -0.3 is 10.6 Å². The van der Waals surface area contributed by atoms with E-state index in [4.69, 9.17) is 11.6 Å². The molecule has 19 heavy (non-hydrogen) atoms. The molecule has 0 radical (unpaired) electrons. The van der Waals surface area contributed by atoms with Crippen LogP contribution in [0.5, 0.6) is 0 Å². The number of hydrogen-bond donors (Lipinski definition) is 2. The van der Waals surface area contributed by atoms with Crippen LogP contribution in [0.1, 0.15) is 31.7 Å². The number of rotatable bonds is 3. The van der Waals surface area contributed by atoms with E-state index in [0.717, 1.165) is 24.1 Å². The summed E-state index contributed by atoms with van der Waals surface area (Å²) in [4.78, 5) is 4.46. The van der Waals surface area contributed by atoms with Gasteiger partial charge in [0, 0.05) is 23.0 Å². The average Bonchev–Trinajstić information content (AvgIpc) is 2.76. The van der Waals surface area contributed by atoms with Crippen LogP contribution >= 0.6 is 11.6 Å². The van der Waals surface area contributed by atoms with Gasteiger partial charge in [0.25, 0.3) is 0 Å². The number of benzene rings is 1. The molecule has 4 heteroatoms. The Balaban J connectivity index is 1.68. The Labute approximate surface area is 119 Å². The number of aliphatic imine (C=N–C) groups is 1. The highest BCUT2D eigenvalue weighted by Gasteiger charge is 2.38. The van der Waals surface area contributed by atoms with Gasteiger partial charge in [0.15, 0.2) is 5.96 Å². The predicted molar refractivity (Wildman–Crippen MR) is 79.9 cm³/mol. The van der Waals surface area contributed by atoms with E-state index < -0.39 is 0 Å². The van der Waals surface area contributed by atoms with E-state index in [-0.39, 0.29) is 5.41 Å². The van der Waals surface area contributed by atoms with Gasteiger partial charge in [-0.3, -0.25) is 4.99 Å². The lowest BCUT2D eigenvalue weighted by Crippen LogP contribution is -2.48. The number of halogens is 1. The lowest BCUT2D eigenvalue weighted by atomic mass is 9.64. The molecule has 1 saturated carbocycles. The summed E-state index contributed by atoms with van der Waals surface area (Å²) >= 11 is 5.97. The van der Waals surface area contributed by atoms with Crippen molar-refractivity contribution in [2.45, 2.75) is 37.6 Å². The van der Waals surface area contributed by atoms with E-state index in [0.29, 0.717) is 6.04 Å². The molecule has 0 spiro atoms. The SMILES string of the molecule is CC1CN=C(NCC2(c3ccc(Cl)cc3)CCC2)N1. The van der Waals surface area contributed by atoms with E-state index >= 15 is 0 Å². The molecule has 3 rings (SSSR count). The Kier molecular flexibility index (Phi) is 3.40. The summed E-state index contributed by atoms with van der Waals surface area (Å²) < 4.78 is 0. The van der Waals surface area contributed by atoms with Gasteiger partial charge in [0.2, 0.25) is 0 Å². The first-order valence-corrected chi connectivity index (χ1v) is 7.37. The monoisotopic (exact) mass is 277 g/mol. The summed E-state index contributed by atoms with van der Waals surface area (Å²) in [6, 6.07) is 8.76. The molecule has 1 atom stereocenters. The van der Waals surface area contributed by atoms with Crippen LogP contribution in [0.4, 0.5) is 0 Å². The quantitative estimate of drug-likeness (QED) is 0.891. The highest BCUT2D eigenvalue weighted by atomic mass is 35.5. The third-order valence-electron chi connectivity index (χ3n) is 4.27. The minimum absolute atomic E-state index is 0.265. The van der Waals surface area contributed by atoms with Crippen molar-refractivity contribution in [1.29, 1.82) is 0 Å². The second-order valence-electron chi connectivity index (χ2n) is 5.73. The summed E-state index contributed by atoms with van der Waals surface area (Å²) in [5, 5.41) is 7.63. The van der Waals surface area contributed by atoms with Gasteiger partial charge in [-0.05, 0) is 37.5 Å². The van der Waals surface area contributed by atoms with Gasteiger partial charge >= 0.3 is 0 Å². The molecule has 1 aliphatic carbocycles. The fourth-order valence-electron chi connectivity index (χ4n) is 2.89. The molecule has 1 aromatic rings. The van der Waals surface area contributed by atoms with Crippen molar-refractivity contribution >= 4 is 17.6 Å². The normalized spacial score (nSPS) is 24.3. The molecule has 2 N–H and O–H groups in total. The molecule has 102 valence electrons. The largest absolute Gasteiger partial charge is 0.356 e. The third kappa shape index (κ3) is 2.57. The molecule has 0 amide bonds.